The molecule has 94 valence electrons. The van der Waals surface area contributed by atoms with E-state index in [2.05, 4.69) is 20.5 Å². The lowest BCUT2D eigenvalue weighted by atomic mass is 10.2. The van der Waals surface area contributed by atoms with Gasteiger partial charge in [0.05, 0.1) is 11.6 Å². The van der Waals surface area contributed by atoms with Gasteiger partial charge in [0.2, 0.25) is 0 Å². The molecular weight excluding hydrogens is 280 g/mol. The Morgan fingerprint density at radius 2 is 2.00 bits per heavy atom. The topological polar surface area (TPSA) is 50.2 Å². The van der Waals surface area contributed by atoms with Crippen LogP contribution in [0.15, 0.2) is 47.1 Å². The lowest BCUT2D eigenvalue weighted by Crippen LogP contribution is -1.94. The van der Waals surface area contributed by atoms with Crippen LogP contribution in [0.1, 0.15) is 5.56 Å². The van der Waals surface area contributed by atoms with Crippen LogP contribution in [-0.2, 0) is 0 Å². The van der Waals surface area contributed by atoms with E-state index in [4.69, 9.17) is 11.6 Å². The van der Waals surface area contributed by atoms with Crippen molar-refractivity contribution >= 4 is 45.2 Å². The fourth-order valence-electron chi connectivity index (χ4n) is 1.60. The Hall–Kier alpha value is -1.98. The number of rotatable bonds is 3. The number of hydrogen-bond acceptors (Lipinski definition) is 5. The second kappa shape index (κ2) is 5.34. The second-order valence-electron chi connectivity index (χ2n) is 3.78. The van der Waals surface area contributed by atoms with Gasteiger partial charge in [-0.25, -0.2) is 9.97 Å². The Labute approximate surface area is 118 Å². The van der Waals surface area contributed by atoms with Crippen molar-refractivity contribution in [1.29, 1.82) is 0 Å². The number of hydrazone groups is 1. The number of thiophene rings is 1. The standard InChI is InChI=1S/C13H9ClN4S/c14-10-3-1-9(2-4-10)7-17-18-12-11-5-6-19-13(11)16-8-15-12/h1-8H,(H,15,16,18). The van der Waals surface area contributed by atoms with Gasteiger partial charge in [-0.2, -0.15) is 5.10 Å². The third kappa shape index (κ3) is 2.72. The molecule has 0 aliphatic rings. The van der Waals surface area contributed by atoms with Crippen LogP contribution in [0, 0.1) is 0 Å². The highest BCUT2D eigenvalue weighted by Gasteiger charge is 2.02. The SMILES string of the molecule is Clc1ccc(C=NNc2ncnc3sccc23)cc1. The molecule has 0 radical (unpaired) electrons. The normalized spacial score (nSPS) is 11.2. The molecule has 0 spiro atoms. The number of nitrogens with zero attached hydrogens (tertiary/aromatic N) is 3. The van der Waals surface area contributed by atoms with E-state index in [-0.39, 0.29) is 0 Å². The fraction of sp³-hybridized carbons (Fsp3) is 0. The molecule has 0 fully saturated rings. The first-order valence-corrected chi connectivity index (χ1v) is 6.81. The van der Waals surface area contributed by atoms with Crippen LogP contribution in [0.3, 0.4) is 0 Å². The van der Waals surface area contributed by atoms with Gasteiger partial charge >= 0.3 is 0 Å². The molecule has 6 heteroatoms. The largest absolute Gasteiger partial charge is 0.261 e. The zero-order valence-corrected chi connectivity index (χ0v) is 11.3. The average Bonchev–Trinajstić information content (AvgIpc) is 2.90. The number of fused-ring (bicyclic) bond motifs is 1. The highest BCUT2D eigenvalue weighted by molar-refractivity contribution is 7.16. The Balaban J connectivity index is 1.78. The zero-order valence-electron chi connectivity index (χ0n) is 9.75. The van der Waals surface area contributed by atoms with Crippen LogP contribution in [0.2, 0.25) is 5.02 Å². The van der Waals surface area contributed by atoms with Gasteiger partial charge in [-0.05, 0) is 29.1 Å². The van der Waals surface area contributed by atoms with Crippen molar-refractivity contribution in [1.82, 2.24) is 9.97 Å². The van der Waals surface area contributed by atoms with Crippen LogP contribution in [0.4, 0.5) is 5.82 Å². The Kier molecular flexibility index (Phi) is 3.39. The number of halogens is 1. The molecule has 0 bridgehead atoms. The molecular formula is C13H9ClN4S. The lowest BCUT2D eigenvalue weighted by Gasteiger charge is -2.00. The quantitative estimate of drug-likeness (QED) is 0.589. The zero-order chi connectivity index (χ0) is 13.1. The Bertz CT molecular complexity index is 721. The molecule has 2 heterocycles. The summed E-state index contributed by atoms with van der Waals surface area (Å²) in [5.74, 6) is 0.705. The first kappa shape index (κ1) is 12.1. The van der Waals surface area contributed by atoms with Gasteiger partial charge in [-0.1, -0.05) is 23.7 Å². The minimum atomic E-state index is 0.705. The maximum atomic E-state index is 5.82. The average molecular weight is 289 g/mol. The van der Waals surface area contributed by atoms with Crippen molar-refractivity contribution in [2.75, 3.05) is 5.43 Å². The molecule has 3 rings (SSSR count). The minimum absolute atomic E-state index is 0.705. The summed E-state index contributed by atoms with van der Waals surface area (Å²) in [4.78, 5) is 9.30. The summed E-state index contributed by atoms with van der Waals surface area (Å²) < 4.78 is 0. The van der Waals surface area contributed by atoms with E-state index in [1.54, 1.807) is 17.6 Å². The summed E-state index contributed by atoms with van der Waals surface area (Å²) in [6.45, 7) is 0. The molecule has 0 amide bonds. The van der Waals surface area contributed by atoms with Crippen LogP contribution < -0.4 is 5.43 Å². The van der Waals surface area contributed by atoms with E-state index in [0.29, 0.717) is 10.8 Å². The van der Waals surface area contributed by atoms with Crippen molar-refractivity contribution in [3.8, 4) is 0 Å². The Morgan fingerprint density at radius 3 is 2.84 bits per heavy atom. The van der Waals surface area contributed by atoms with E-state index in [9.17, 15) is 0 Å². The predicted molar refractivity (Wildman–Crippen MR) is 80.1 cm³/mol. The van der Waals surface area contributed by atoms with E-state index < -0.39 is 0 Å². The maximum Gasteiger partial charge on any atom is 0.158 e. The molecule has 1 N–H and O–H groups in total. The highest BCUT2D eigenvalue weighted by atomic mass is 35.5. The van der Waals surface area contributed by atoms with Gasteiger partial charge in [0.1, 0.15) is 11.2 Å². The van der Waals surface area contributed by atoms with Crippen molar-refractivity contribution in [2.45, 2.75) is 0 Å². The van der Waals surface area contributed by atoms with Crippen molar-refractivity contribution in [3.63, 3.8) is 0 Å². The molecule has 0 aliphatic heterocycles. The van der Waals surface area contributed by atoms with Crippen molar-refractivity contribution < 1.29 is 0 Å². The molecule has 0 aliphatic carbocycles. The smallest absolute Gasteiger partial charge is 0.158 e. The van der Waals surface area contributed by atoms with Gasteiger partial charge in [-0.3, -0.25) is 5.43 Å². The summed E-state index contributed by atoms with van der Waals surface area (Å²) >= 11 is 7.39. The first-order chi connectivity index (χ1) is 9.33. The van der Waals surface area contributed by atoms with Crippen LogP contribution >= 0.6 is 22.9 Å². The second-order valence-corrected chi connectivity index (χ2v) is 5.11. The maximum absolute atomic E-state index is 5.82. The van der Waals surface area contributed by atoms with Gasteiger partial charge in [0, 0.05) is 5.02 Å². The molecule has 2 aromatic heterocycles. The fourth-order valence-corrected chi connectivity index (χ4v) is 2.45. The first-order valence-electron chi connectivity index (χ1n) is 5.56. The van der Waals surface area contributed by atoms with Gasteiger partial charge in [0.25, 0.3) is 0 Å². The monoisotopic (exact) mass is 288 g/mol. The van der Waals surface area contributed by atoms with Gasteiger partial charge in [-0.15, -0.1) is 11.3 Å². The molecule has 0 atom stereocenters. The summed E-state index contributed by atoms with van der Waals surface area (Å²) in [6.07, 6.45) is 3.25. The number of hydrogen-bond donors (Lipinski definition) is 1. The molecule has 0 saturated carbocycles. The molecule has 0 saturated heterocycles. The van der Waals surface area contributed by atoms with E-state index in [0.717, 1.165) is 15.8 Å². The lowest BCUT2D eigenvalue weighted by molar-refractivity contribution is 1.19. The van der Waals surface area contributed by atoms with Crippen molar-refractivity contribution in [3.05, 3.63) is 52.6 Å². The molecule has 19 heavy (non-hydrogen) atoms. The highest BCUT2D eigenvalue weighted by Crippen LogP contribution is 2.23. The van der Waals surface area contributed by atoms with E-state index in [1.807, 2.05) is 35.7 Å². The molecule has 1 aromatic carbocycles. The summed E-state index contributed by atoms with van der Waals surface area (Å²) in [5.41, 5.74) is 3.89. The van der Waals surface area contributed by atoms with Crippen LogP contribution in [0.25, 0.3) is 10.2 Å². The predicted octanol–water partition coefficient (Wildman–Crippen LogP) is 3.79. The third-order valence-electron chi connectivity index (χ3n) is 2.52. The number of aromatic nitrogens is 2. The summed E-state index contributed by atoms with van der Waals surface area (Å²) in [5, 5.41) is 7.83. The van der Waals surface area contributed by atoms with Gasteiger partial charge < -0.3 is 0 Å². The third-order valence-corrected chi connectivity index (χ3v) is 3.59. The van der Waals surface area contributed by atoms with Crippen molar-refractivity contribution in [2.24, 2.45) is 5.10 Å². The molecule has 0 unspecified atom stereocenters. The van der Waals surface area contributed by atoms with Crippen LogP contribution in [0.5, 0.6) is 0 Å². The summed E-state index contributed by atoms with van der Waals surface area (Å²) in [7, 11) is 0. The van der Waals surface area contributed by atoms with Gasteiger partial charge in [0.15, 0.2) is 5.82 Å². The number of nitrogens with one attached hydrogen (secondary N) is 1. The minimum Gasteiger partial charge on any atom is -0.261 e. The molecule has 3 aromatic rings. The summed E-state index contributed by atoms with van der Waals surface area (Å²) in [6, 6.07) is 9.41. The Morgan fingerprint density at radius 1 is 1.16 bits per heavy atom. The van der Waals surface area contributed by atoms with E-state index in [1.165, 1.54) is 6.33 Å². The van der Waals surface area contributed by atoms with E-state index >= 15 is 0 Å². The number of benzene rings is 1. The van der Waals surface area contributed by atoms with Crippen LogP contribution in [-0.4, -0.2) is 16.2 Å². The number of anilines is 1. The molecule has 4 nitrogen and oxygen atoms in total.